The van der Waals surface area contributed by atoms with Crippen molar-refractivity contribution in [2.24, 2.45) is 0 Å². The molecule has 0 atom stereocenters. The lowest BCUT2D eigenvalue weighted by Gasteiger charge is -2.08. The Morgan fingerprint density at radius 3 is 2.06 bits per heavy atom. The number of methoxy groups -OCH3 is 1. The largest absolute Gasteiger partial charge is 0.497 e. The molecular weight excluding hydrogens is 468 g/mol. The fourth-order valence-corrected chi connectivity index (χ4v) is 4.43. The van der Waals surface area contributed by atoms with Crippen molar-refractivity contribution in [2.45, 2.75) is 20.8 Å². The summed E-state index contributed by atoms with van der Waals surface area (Å²) in [5, 5.41) is 5.59. The maximum absolute atomic E-state index is 12.4. The molecule has 0 saturated heterocycles. The Labute approximate surface area is 200 Å². The molecule has 2 N–H and O–H groups in total. The zero-order valence-corrected chi connectivity index (χ0v) is 20.4. The lowest BCUT2D eigenvalue weighted by molar-refractivity contribution is -0.114. The van der Waals surface area contributed by atoms with Gasteiger partial charge in [-0.05, 0) is 50.6 Å². The number of thioether (sulfide) groups is 1. The van der Waals surface area contributed by atoms with Crippen LogP contribution in [0.4, 0.5) is 10.7 Å². The van der Waals surface area contributed by atoms with E-state index >= 15 is 0 Å². The van der Waals surface area contributed by atoms with Crippen LogP contribution in [0.5, 0.6) is 5.75 Å². The van der Waals surface area contributed by atoms with E-state index in [1.165, 1.54) is 0 Å². The van der Waals surface area contributed by atoms with Gasteiger partial charge in [0.1, 0.15) is 15.6 Å². The predicted molar refractivity (Wildman–Crippen MR) is 129 cm³/mol. The number of esters is 2. The molecule has 0 aliphatic heterocycles. The summed E-state index contributed by atoms with van der Waals surface area (Å²) in [5.41, 5.74) is 1.13. The minimum atomic E-state index is -0.636. The van der Waals surface area contributed by atoms with E-state index in [0.29, 0.717) is 17.0 Å². The first-order valence-electron chi connectivity index (χ1n) is 10.1. The number of amides is 2. The van der Waals surface area contributed by atoms with Crippen LogP contribution in [0.25, 0.3) is 0 Å². The van der Waals surface area contributed by atoms with Gasteiger partial charge < -0.3 is 24.8 Å². The van der Waals surface area contributed by atoms with Crippen LogP contribution < -0.4 is 15.4 Å². The number of hydrogen-bond acceptors (Lipinski definition) is 9. The highest BCUT2D eigenvalue weighted by Crippen LogP contribution is 2.34. The summed E-state index contributed by atoms with van der Waals surface area (Å²) in [4.78, 5) is 49.3. The van der Waals surface area contributed by atoms with Gasteiger partial charge >= 0.3 is 11.9 Å². The first-order chi connectivity index (χ1) is 15.8. The molecule has 0 unspecified atom stereocenters. The monoisotopic (exact) mass is 494 g/mol. The highest BCUT2D eigenvalue weighted by atomic mass is 32.2. The van der Waals surface area contributed by atoms with E-state index in [-0.39, 0.29) is 46.1 Å². The lowest BCUT2D eigenvalue weighted by Crippen LogP contribution is -2.19. The molecule has 2 amide bonds. The Kier molecular flexibility index (Phi) is 10.2. The number of carbonyl (C=O) groups excluding carboxylic acids is 4. The molecular formula is C22H26N2O7S2. The third-order valence-corrected chi connectivity index (χ3v) is 6.30. The van der Waals surface area contributed by atoms with Crippen LogP contribution in [-0.2, 0) is 19.1 Å². The smallest absolute Gasteiger partial charge is 0.348 e. The van der Waals surface area contributed by atoms with Gasteiger partial charge in [-0.1, -0.05) is 0 Å². The summed E-state index contributed by atoms with van der Waals surface area (Å²) in [7, 11) is 1.56. The van der Waals surface area contributed by atoms with Gasteiger partial charge in [-0.3, -0.25) is 9.59 Å². The third-order valence-electron chi connectivity index (χ3n) is 4.18. The summed E-state index contributed by atoms with van der Waals surface area (Å²) in [5.74, 6) is -1.18. The maximum Gasteiger partial charge on any atom is 0.348 e. The fraction of sp³-hybridized carbons (Fsp3) is 0.364. The van der Waals surface area contributed by atoms with Gasteiger partial charge in [-0.2, -0.15) is 0 Å². The van der Waals surface area contributed by atoms with E-state index in [2.05, 4.69) is 10.6 Å². The van der Waals surface area contributed by atoms with Crippen LogP contribution in [-0.4, -0.2) is 55.6 Å². The third kappa shape index (κ3) is 7.50. The van der Waals surface area contributed by atoms with Crippen molar-refractivity contribution in [2.75, 3.05) is 42.5 Å². The molecule has 1 heterocycles. The van der Waals surface area contributed by atoms with Gasteiger partial charge in [0.15, 0.2) is 0 Å². The summed E-state index contributed by atoms with van der Waals surface area (Å²) < 4.78 is 15.2. The molecule has 0 aliphatic rings. The Hall–Kier alpha value is -3.05. The number of anilines is 2. The molecule has 178 valence electrons. The highest BCUT2D eigenvalue weighted by Gasteiger charge is 2.27. The van der Waals surface area contributed by atoms with Gasteiger partial charge in [0.2, 0.25) is 11.8 Å². The molecule has 1 aromatic heterocycles. The molecule has 9 nitrogen and oxygen atoms in total. The molecule has 0 aliphatic carbocycles. The number of rotatable bonds is 11. The minimum Gasteiger partial charge on any atom is -0.497 e. The molecule has 0 bridgehead atoms. The first-order valence-corrected chi connectivity index (χ1v) is 12.1. The normalized spacial score (nSPS) is 10.3. The molecule has 1 aromatic carbocycles. The van der Waals surface area contributed by atoms with Crippen molar-refractivity contribution in [3.05, 3.63) is 40.3 Å². The second-order valence-corrected chi connectivity index (χ2v) is 8.53. The molecule has 0 spiro atoms. The molecule has 0 fully saturated rings. The van der Waals surface area contributed by atoms with Crippen molar-refractivity contribution in [3.8, 4) is 5.75 Å². The number of hydrogen-bond donors (Lipinski definition) is 2. The SMILES string of the molecule is CCOC(=O)c1sc(NC(=O)CSCC(=O)Nc2ccc(OC)cc2)c(C(=O)OCC)c1C. The minimum absolute atomic E-state index is 0.0238. The molecule has 2 rings (SSSR count). The number of nitrogens with one attached hydrogen (secondary N) is 2. The van der Waals surface area contributed by atoms with E-state index in [0.717, 1.165) is 23.1 Å². The molecule has 0 radical (unpaired) electrons. The summed E-state index contributed by atoms with van der Waals surface area (Å²) in [6, 6.07) is 6.88. The Balaban J connectivity index is 1.97. The fourth-order valence-electron chi connectivity index (χ4n) is 2.71. The van der Waals surface area contributed by atoms with Crippen LogP contribution in [0.2, 0.25) is 0 Å². The molecule has 2 aromatic rings. The number of carbonyl (C=O) groups is 4. The Morgan fingerprint density at radius 2 is 1.48 bits per heavy atom. The van der Waals surface area contributed by atoms with Gasteiger partial charge in [0, 0.05) is 5.69 Å². The highest BCUT2D eigenvalue weighted by molar-refractivity contribution is 8.00. The second-order valence-electron chi connectivity index (χ2n) is 6.52. The average molecular weight is 495 g/mol. The van der Waals surface area contributed by atoms with E-state index in [4.69, 9.17) is 14.2 Å². The molecule has 11 heteroatoms. The summed E-state index contributed by atoms with van der Waals surface area (Å²) >= 11 is 2.07. The van der Waals surface area contributed by atoms with Gasteiger partial charge in [-0.25, -0.2) is 9.59 Å². The van der Waals surface area contributed by atoms with Gasteiger partial charge in [-0.15, -0.1) is 23.1 Å². The van der Waals surface area contributed by atoms with Crippen LogP contribution in [0.1, 0.15) is 39.4 Å². The van der Waals surface area contributed by atoms with Crippen molar-refractivity contribution >= 4 is 57.5 Å². The average Bonchev–Trinajstić information content (AvgIpc) is 3.10. The van der Waals surface area contributed by atoms with E-state index in [1.54, 1.807) is 52.1 Å². The Morgan fingerprint density at radius 1 is 0.909 bits per heavy atom. The predicted octanol–water partition coefficient (Wildman–Crippen LogP) is 3.73. The number of thiophene rings is 1. The van der Waals surface area contributed by atoms with Crippen molar-refractivity contribution in [3.63, 3.8) is 0 Å². The molecule has 33 heavy (non-hydrogen) atoms. The van der Waals surface area contributed by atoms with Crippen LogP contribution in [0, 0.1) is 6.92 Å². The second kappa shape index (κ2) is 12.9. The zero-order chi connectivity index (χ0) is 24.4. The maximum atomic E-state index is 12.4. The standard InChI is InChI=1S/C22H26N2O7S2/c1-5-30-21(27)18-13(3)19(22(28)31-6-2)33-20(18)24-17(26)12-32-11-16(25)23-14-7-9-15(29-4)10-8-14/h7-10H,5-6,11-12H2,1-4H3,(H,23,25)(H,24,26). The Bertz CT molecular complexity index is 1000. The molecule has 0 saturated carbocycles. The summed E-state index contributed by atoms with van der Waals surface area (Å²) in [6.45, 7) is 5.27. The zero-order valence-electron chi connectivity index (χ0n) is 18.8. The van der Waals surface area contributed by atoms with Crippen molar-refractivity contribution in [1.82, 2.24) is 0 Å². The van der Waals surface area contributed by atoms with Crippen LogP contribution in [0.3, 0.4) is 0 Å². The van der Waals surface area contributed by atoms with Crippen LogP contribution >= 0.6 is 23.1 Å². The number of benzene rings is 1. The topological polar surface area (TPSA) is 120 Å². The van der Waals surface area contributed by atoms with Gasteiger partial charge in [0.05, 0.1) is 37.4 Å². The van der Waals surface area contributed by atoms with E-state index < -0.39 is 17.8 Å². The summed E-state index contributed by atoms with van der Waals surface area (Å²) in [6.07, 6.45) is 0. The lowest BCUT2D eigenvalue weighted by atomic mass is 10.1. The van der Waals surface area contributed by atoms with Crippen molar-refractivity contribution < 1.29 is 33.4 Å². The van der Waals surface area contributed by atoms with Crippen molar-refractivity contribution in [1.29, 1.82) is 0 Å². The van der Waals surface area contributed by atoms with E-state index in [1.807, 2.05) is 0 Å². The van der Waals surface area contributed by atoms with Gasteiger partial charge in [0.25, 0.3) is 0 Å². The van der Waals surface area contributed by atoms with Crippen LogP contribution in [0.15, 0.2) is 24.3 Å². The van der Waals surface area contributed by atoms with E-state index in [9.17, 15) is 19.2 Å². The quantitative estimate of drug-likeness (QED) is 0.454. The number of ether oxygens (including phenoxy) is 3. The first kappa shape index (κ1) is 26.2.